The first-order valence-electron chi connectivity index (χ1n) is 11.8. The average Bonchev–Trinajstić information content (AvgIpc) is 3.20. The van der Waals surface area contributed by atoms with Crippen LogP contribution in [0.5, 0.6) is 0 Å². The molecule has 1 aliphatic heterocycles. The van der Waals surface area contributed by atoms with Crippen LogP contribution in [0.3, 0.4) is 0 Å². The number of hydrogen-bond acceptors (Lipinski definition) is 5. The van der Waals surface area contributed by atoms with Gasteiger partial charge < -0.3 is 9.88 Å². The van der Waals surface area contributed by atoms with Crippen LogP contribution < -0.4 is 5.32 Å². The molecule has 1 aromatic heterocycles. The standard InChI is InChI=1S/C26H33N5OS/c1-20(2)22-13-7-8-14-23(22)27-25(32)19-33-26-29-28-24(18-30-15-9-4-10-16-30)31(26)17-21-11-5-3-6-12-21/h3,5-8,11-14,20H,4,9-10,15-19H2,1-2H3,(H,27,32). The maximum atomic E-state index is 12.8. The number of piperidine rings is 1. The lowest BCUT2D eigenvalue weighted by Gasteiger charge is -2.26. The molecule has 6 nitrogen and oxygen atoms in total. The molecule has 33 heavy (non-hydrogen) atoms. The number of hydrogen-bond donors (Lipinski definition) is 1. The molecule has 0 bridgehead atoms. The minimum atomic E-state index is -0.0278. The first-order valence-corrected chi connectivity index (χ1v) is 12.8. The fourth-order valence-electron chi connectivity index (χ4n) is 4.22. The van der Waals surface area contributed by atoms with Crippen LogP contribution in [-0.2, 0) is 17.9 Å². The first kappa shape index (κ1) is 23.5. The largest absolute Gasteiger partial charge is 0.325 e. The summed E-state index contributed by atoms with van der Waals surface area (Å²) in [6.45, 7) is 7.99. The summed E-state index contributed by atoms with van der Waals surface area (Å²) in [5, 5.41) is 12.9. The van der Waals surface area contributed by atoms with Gasteiger partial charge in [-0.25, -0.2) is 0 Å². The Morgan fingerprint density at radius 1 is 0.970 bits per heavy atom. The van der Waals surface area contributed by atoms with E-state index in [0.29, 0.717) is 18.2 Å². The van der Waals surface area contributed by atoms with Crippen LogP contribution in [0.25, 0.3) is 0 Å². The third-order valence-corrected chi connectivity index (χ3v) is 6.95. The summed E-state index contributed by atoms with van der Waals surface area (Å²) < 4.78 is 2.17. The lowest BCUT2D eigenvalue weighted by molar-refractivity contribution is -0.113. The number of likely N-dealkylation sites (tertiary alicyclic amines) is 1. The maximum Gasteiger partial charge on any atom is 0.234 e. The van der Waals surface area contributed by atoms with Crippen LogP contribution >= 0.6 is 11.8 Å². The van der Waals surface area contributed by atoms with Crippen LogP contribution in [0.15, 0.2) is 59.8 Å². The summed E-state index contributed by atoms with van der Waals surface area (Å²) in [4.78, 5) is 15.2. The van der Waals surface area contributed by atoms with Crippen molar-refractivity contribution in [3.63, 3.8) is 0 Å². The molecule has 0 spiro atoms. The summed E-state index contributed by atoms with van der Waals surface area (Å²) >= 11 is 1.45. The monoisotopic (exact) mass is 463 g/mol. The Kier molecular flexibility index (Phi) is 8.18. The number of carbonyl (C=O) groups excluding carboxylic acids is 1. The molecule has 0 saturated carbocycles. The van der Waals surface area contributed by atoms with E-state index in [2.05, 4.69) is 69.2 Å². The highest BCUT2D eigenvalue weighted by molar-refractivity contribution is 7.99. The Bertz CT molecular complexity index is 1040. The van der Waals surface area contributed by atoms with E-state index >= 15 is 0 Å². The molecule has 0 unspecified atom stereocenters. The van der Waals surface area contributed by atoms with Crippen LogP contribution in [0.4, 0.5) is 5.69 Å². The van der Waals surface area contributed by atoms with Gasteiger partial charge in [0.25, 0.3) is 0 Å². The molecule has 2 aromatic carbocycles. The molecular weight excluding hydrogens is 430 g/mol. The molecule has 1 N–H and O–H groups in total. The Hall–Kier alpha value is -2.64. The van der Waals surface area contributed by atoms with Gasteiger partial charge in [-0.2, -0.15) is 0 Å². The average molecular weight is 464 g/mol. The fraction of sp³-hybridized carbons (Fsp3) is 0.423. The molecule has 1 amide bonds. The zero-order valence-corrected chi connectivity index (χ0v) is 20.4. The topological polar surface area (TPSA) is 63.1 Å². The van der Waals surface area contributed by atoms with Crippen LogP contribution in [0.1, 0.15) is 56.0 Å². The number of para-hydroxylation sites is 1. The van der Waals surface area contributed by atoms with Gasteiger partial charge in [-0.15, -0.1) is 10.2 Å². The quantitative estimate of drug-likeness (QED) is 0.444. The van der Waals surface area contributed by atoms with E-state index in [-0.39, 0.29) is 5.91 Å². The second-order valence-electron chi connectivity index (χ2n) is 8.89. The molecule has 4 rings (SSSR count). The van der Waals surface area contributed by atoms with Gasteiger partial charge in [0, 0.05) is 5.69 Å². The molecule has 3 aromatic rings. The molecule has 2 heterocycles. The highest BCUT2D eigenvalue weighted by Crippen LogP contribution is 2.25. The predicted octanol–water partition coefficient (Wildman–Crippen LogP) is 5.17. The Labute approximate surface area is 200 Å². The second-order valence-corrected chi connectivity index (χ2v) is 9.83. The number of nitrogens with zero attached hydrogens (tertiary/aromatic N) is 4. The Morgan fingerprint density at radius 2 is 1.70 bits per heavy atom. The lowest BCUT2D eigenvalue weighted by Crippen LogP contribution is -2.30. The van der Waals surface area contributed by atoms with Crippen molar-refractivity contribution >= 4 is 23.4 Å². The van der Waals surface area contributed by atoms with Crippen LogP contribution in [0.2, 0.25) is 0 Å². The molecule has 0 radical (unpaired) electrons. The summed E-state index contributed by atoms with van der Waals surface area (Å²) in [5.41, 5.74) is 3.23. The Balaban J connectivity index is 1.46. The molecular formula is C26H33N5OS. The van der Waals surface area contributed by atoms with Crippen molar-refractivity contribution < 1.29 is 4.79 Å². The third kappa shape index (κ3) is 6.45. The zero-order chi connectivity index (χ0) is 23.0. The number of carbonyl (C=O) groups is 1. The molecule has 0 aliphatic carbocycles. The van der Waals surface area contributed by atoms with Gasteiger partial charge in [0.1, 0.15) is 5.82 Å². The van der Waals surface area contributed by atoms with Crippen molar-refractivity contribution in [3.8, 4) is 0 Å². The highest BCUT2D eigenvalue weighted by atomic mass is 32.2. The summed E-state index contributed by atoms with van der Waals surface area (Å²) in [6.07, 6.45) is 3.79. The first-order chi connectivity index (χ1) is 16.1. The van der Waals surface area contributed by atoms with Crippen molar-refractivity contribution in [2.45, 2.75) is 57.3 Å². The van der Waals surface area contributed by atoms with Gasteiger partial charge in [0.2, 0.25) is 5.91 Å². The number of thioether (sulfide) groups is 1. The van der Waals surface area contributed by atoms with E-state index in [0.717, 1.165) is 41.9 Å². The molecule has 0 atom stereocenters. The maximum absolute atomic E-state index is 12.8. The molecule has 174 valence electrons. The van der Waals surface area contributed by atoms with Crippen molar-refractivity contribution in [3.05, 3.63) is 71.5 Å². The van der Waals surface area contributed by atoms with E-state index < -0.39 is 0 Å². The van der Waals surface area contributed by atoms with Crippen molar-refractivity contribution in [1.29, 1.82) is 0 Å². The number of anilines is 1. The van der Waals surface area contributed by atoms with Crippen LogP contribution in [-0.4, -0.2) is 44.4 Å². The predicted molar refractivity (Wildman–Crippen MR) is 135 cm³/mol. The number of benzene rings is 2. The van der Waals surface area contributed by atoms with Crippen LogP contribution in [0, 0.1) is 0 Å². The van der Waals surface area contributed by atoms with Crippen molar-refractivity contribution in [1.82, 2.24) is 19.7 Å². The number of rotatable bonds is 9. The fourth-order valence-corrected chi connectivity index (χ4v) is 4.97. The van der Waals surface area contributed by atoms with E-state index in [1.165, 1.54) is 36.6 Å². The number of amides is 1. The van der Waals surface area contributed by atoms with E-state index in [1.807, 2.05) is 24.3 Å². The number of nitrogens with one attached hydrogen (secondary N) is 1. The summed E-state index contributed by atoms with van der Waals surface area (Å²) in [5.74, 6) is 1.58. The summed E-state index contributed by atoms with van der Waals surface area (Å²) in [6, 6.07) is 18.4. The minimum absolute atomic E-state index is 0.0278. The number of aromatic nitrogens is 3. The highest BCUT2D eigenvalue weighted by Gasteiger charge is 2.19. The smallest absolute Gasteiger partial charge is 0.234 e. The van der Waals surface area contributed by atoms with E-state index in [4.69, 9.17) is 0 Å². The molecule has 1 saturated heterocycles. The molecule has 1 fully saturated rings. The normalized spacial score (nSPS) is 14.5. The molecule has 1 aliphatic rings. The SMILES string of the molecule is CC(C)c1ccccc1NC(=O)CSc1nnc(CN2CCCCC2)n1Cc1ccccc1. The van der Waals surface area contributed by atoms with Gasteiger partial charge in [-0.05, 0) is 49.0 Å². The minimum Gasteiger partial charge on any atom is -0.325 e. The molecule has 7 heteroatoms. The zero-order valence-electron chi connectivity index (χ0n) is 19.5. The van der Waals surface area contributed by atoms with Crippen molar-refractivity contribution in [2.24, 2.45) is 0 Å². The van der Waals surface area contributed by atoms with Gasteiger partial charge in [0.05, 0.1) is 18.8 Å². The van der Waals surface area contributed by atoms with E-state index in [1.54, 1.807) is 0 Å². The van der Waals surface area contributed by atoms with Crippen molar-refractivity contribution in [2.75, 3.05) is 24.2 Å². The summed E-state index contributed by atoms with van der Waals surface area (Å²) in [7, 11) is 0. The van der Waals surface area contributed by atoms with Gasteiger partial charge in [-0.1, -0.05) is 80.6 Å². The Morgan fingerprint density at radius 3 is 2.45 bits per heavy atom. The lowest BCUT2D eigenvalue weighted by atomic mass is 10.0. The third-order valence-electron chi connectivity index (χ3n) is 5.98. The second kappa shape index (κ2) is 11.5. The van der Waals surface area contributed by atoms with E-state index in [9.17, 15) is 4.79 Å². The van der Waals surface area contributed by atoms with Gasteiger partial charge in [-0.3, -0.25) is 9.69 Å². The van der Waals surface area contributed by atoms with Gasteiger partial charge in [0.15, 0.2) is 5.16 Å². The van der Waals surface area contributed by atoms with Gasteiger partial charge >= 0.3 is 0 Å².